The Morgan fingerprint density at radius 3 is 2.36 bits per heavy atom. The molecule has 0 radical (unpaired) electrons. The lowest BCUT2D eigenvalue weighted by atomic mass is 10.1. The van der Waals surface area contributed by atoms with E-state index in [4.69, 9.17) is 0 Å². The van der Waals surface area contributed by atoms with Crippen LogP contribution in [0.3, 0.4) is 0 Å². The minimum absolute atomic E-state index is 0.179. The van der Waals surface area contributed by atoms with Crippen LogP contribution in [0.4, 0.5) is 4.79 Å². The van der Waals surface area contributed by atoms with Gasteiger partial charge in [0.2, 0.25) is 0 Å². The molecule has 0 unspecified atom stereocenters. The van der Waals surface area contributed by atoms with Crippen LogP contribution in [0.1, 0.15) is 6.92 Å². The van der Waals surface area contributed by atoms with E-state index in [9.17, 15) is 13.2 Å². The van der Waals surface area contributed by atoms with Gasteiger partial charge < -0.3 is 10.1 Å². The van der Waals surface area contributed by atoms with Crippen molar-refractivity contribution in [3.05, 3.63) is 54.6 Å². The first-order valence-electron chi connectivity index (χ1n) is 6.82. The number of ether oxygens (including phenoxy) is 1. The van der Waals surface area contributed by atoms with E-state index in [0.29, 0.717) is 5.56 Å². The van der Waals surface area contributed by atoms with Crippen LogP contribution in [-0.4, -0.2) is 27.0 Å². The van der Waals surface area contributed by atoms with Crippen molar-refractivity contribution in [2.75, 3.05) is 12.5 Å². The highest BCUT2D eigenvalue weighted by molar-refractivity contribution is 7.91. The number of alkyl carbamates (subject to hydrolysis) is 1. The fourth-order valence-electron chi connectivity index (χ4n) is 2.01. The van der Waals surface area contributed by atoms with Crippen LogP contribution >= 0.6 is 0 Å². The van der Waals surface area contributed by atoms with E-state index < -0.39 is 21.8 Å². The number of nitrogens with one attached hydrogen (secondary N) is 1. The van der Waals surface area contributed by atoms with Gasteiger partial charge in [-0.2, -0.15) is 0 Å². The molecule has 0 atom stereocenters. The molecule has 0 aliphatic carbocycles. The number of carbonyl (C=O) groups excluding carboxylic acids is 1. The maximum absolute atomic E-state index is 12.5. The molecule has 2 aromatic rings. The second-order valence-corrected chi connectivity index (χ2v) is 6.48. The molecule has 0 saturated heterocycles. The molecule has 1 N–H and O–H groups in total. The van der Waals surface area contributed by atoms with Crippen LogP contribution in [0.15, 0.2) is 59.5 Å². The molecular weight excluding hydrogens is 302 g/mol. The van der Waals surface area contributed by atoms with Crippen molar-refractivity contribution in [2.24, 2.45) is 0 Å². The van der Waals surface area contributed by atoms with Gasteiger partial charge in [0.05, 0.1) is 11.5 Å². The molecule has 0 fully saturated rings. The zero-order valence-electron chi connectivity index (χ0n) is 12.2. The van der Waals surface area contributed by atoms with E-state index in [1.54, 1.807) is 25.1 Å². The van der Waals surface area contributed by atoms with Crippen molar-refractivity contribution in [1.82, 2.24) is 5.32 Å². The normalized spacial score (nSPS) is 11.0. The number of benzene rings is 2. The first-order valence-corrected chi connectivity index (χ1v) is 8.47. The smallest absolute Gasteiger partial charge is 0.407 e. The Labute approximate surface area is 129 Å². The van der Waals surface area contributed by atoms with Crippen LogP contribution in [0, 0.1) is 0 Å². The maximum Gasteiger partial charge on any atom is 0.407 e. The summed E-state index contributed by atoms with van der Waals surface area (Å²) in [6.45, 7) is 1.84. The SMILES string of the molecule is CCOC(=O)NCS(=O)(=O)c1ccccc1-c1ccccc1. The maximum atomic E-state index is 12.5. The largest absolute Gasteiger partial charge is 0.450 e. The van der Waals surface area contributed by atoms with Gasteiger partial charge in [-0.1, -0.05) is 48.5 Å². The number of hydrogen-bond donors (Lipinski definition) is 1. The lowest BCUT2D eigenvalue weighted by molar-refractivity contribution is 0.154. The molecule has 2 rings (SSSR count). The molecule has 5 nitrogen and oxygen atoms in total. The molecule has 116 valence electrons. The minimum Gasteiger partial charge on any atom is -0.450 e. The molecule has 0 aromatic heterocycles. The van der Waals surface area contributed by atoms with E-state index in [1.165, 1.54) is 6.07 Å². The first kappa shape index (κ1) is 16.0. The molecular formula is C16H17NO4S. The number of amides is 1. The zero-order valence-corrected chi connectivity index (χ0v) is 13.0. The predicted octanol–water partition coefficient (Wildman–Crippen LogP) is 2.83. The summed E-state index contributed by atoms with van der Waals surface area (Å²) in [7, 11) is -3.66. The van der Waals surface area contributed by atoms with Crippen LogP contribution in [0.25, 0.3) is 11.1 Å². The van der Waals surface area contributed by atoms with E-state index in [0.717, 1.165) is 5.56 Å². The summed E-state index contributed by atoms with van der Waals surface area (Å²) in [5, 5.41) is 2.25. The molecule has 0 spiro atoms. The summed E-state index contributed by atoms with van der Waals surface area (Å²) >= 11 is 0. The van der Waals surface area contributed by atoms with Gasteiger partial charge in [0.1, 0.15) is 5.88 Å². The number of rotatable bonds is 5. The van der Waals surface area contributed by atoms with Gasteiger partial charge in [-0.15, -0.1) is 0 Å². The Balaban J connectivity index is 2.30. The summed E-state index contributed by atoms with van der Waals surface area (Å²) in [6.07, 6.45) is -0.747. The molecule has 0 aliphatic rings. The topological polar surface area (TPSA) is 72.5 Å². The predicted molar refractivity (Wildman–Crippen MR) is 84.1 cm³/mol. The highest BCUT2D eigenvalue weighted by Crippen LogP contribution is 2.27. The third-order valence-electron chi connectivity index (χ3n) is 2.99. The molecule has 0 heterocycles. The number of carbonyl (C=O) groups is 1. The summed E-state index contributed by atoms with van der Waals surface area (Å²) in [4.78, 5) is 11.5. The molecule has 22 heavy (non-hydrogen) atoms. The molecule has 6 heteroatoms. The number of sulfone groups is 1. The van der Waals surface area contributed by atoms with Gasteiger partial charge in [-0.25, -0.2) is 13.2 Å². The van der Waals surface area contributed by atoms with Crippen molar-refractivity contribution in [3.63, 3.8) is 0 Å². The summed E-state index contributed by atoms with van der Waals surface area (Å²) in [5.74, 6) is -0.504. The van der Waals surface area contributed by atoms with Gasteiger partial charge in [0.25, 0.3) is 0 Å². The van der Waals surface area contributed by atoms with Gasteiger partial charge in [0.15, 0.2) is 9.84 Å². The Kier molecular flexibility index (Phi) is 5.16. The van der Waals surface area contributed by atoms with Crippen molar-refractivity contribution >= 4 is 15.9 Å². The van der Waals surface area contributed by atoms with E-state index in [-0.39, 0.29) is 11.5 Å². The standard InChI is InChI=1S/C16H17NO4S/c1-2-21-16(18)17-12-22(19,20)15-11-7-6-10-14(15)13-8-4-3-5-9-13/h3-11H,2,12H2,1H3,(H,17,18). The summed E-state index contributed by atoms with van der Waals surface area (Å²) < 4.78 is 29.6. The van der Waals surface area contributed by atoms with Gasteiger partial charge in [-0.3, -0.25) is 0 Å². The average molecular weight is 319 g/mol. The lowest BCUT2D eigenvalue weighted by Gasteiger charge is -2.11. The Bertz CT molecular complexity index is 742. The highest BCUT2D eigenvalue weighted by atomic mass is 32.2. The van der Waals surface area contributed by atoms with Crippen LogP contribution < -0.4 is 5.32 Å². The zero-order chi connectivity index (χ0) is 16.0. The van der Waals surface area contributed by atoms with Crippen molar-refractivity contribution < 1.29 is 17.9 Å². The fraction of sp³-hybridized carbons (Fsp3) is 0.188. The Morgan fingerprint density at radius 2 is 1.68 bits per heavy atom. The second-order valence-electron chi connectivity index (χ2n) is 4.52. The third kappa shape index (κ3) is 3.85. The summed E-state index contributed by atoms with van der Waals surface area (Å²) in [6, 6.07) is 15.9. The first-order chi connectivity index (χ1) is 10.5. The van der Waals surface area contributed by atoms with Gasteiger partial charge >= 0.3 is 6.09 Å². The van der Waals surface area contributed by atoms with Crippen LogP contribution in [-0.2, 0) is 14.6 Å². The lowest BCUT2D eigenvalue weighted by Crippen LogP contribution is -2.30. The third-order valence-corrected chi connectivity index (χ3v) is 4.54. The summed E-state index contributed by atoms with van der Waals surface area (Å²) in [5.41, 5.74) is 1.41. The average Bonchev–Trinajstić information content (AvgIpc) is 2.54. The molecule has 0 bridgehead atoms. The van der Waals surface area contributed by atoms with E-state index in [1.807, 2.05) is 30.3 Å². The van der Waals surface area contributed by atoms with Gasteiger partial charge in [0, 0.05) is 5.56 Å². The van der Waals surface area contributed by atoms with Crippen molar-refractivity contribution in [3.8, 4) is 11.1 Å². The molecule has 1 amide bonds. The monoisotopic (exact) mass is 319 g/mol. The van der Waals surface area contributed by atoms with Crippen molar-refractivity contribution in [2.45, 2.75) is 11.8 Å². The van der Waals surface area contributed by atoms with Gasteiger partial charge in [-0.05, 0) is 18.6 Å². The second kappa shape index (κ2) is 7.09. The highest BCUT2D eigenvalue weighted by Gasteiger charge is 2.20. The minimum atomic E-state index is -3.66. The van der Waals surface area contributed by atoms with E-state index >= 15 is 0 Å². The molecule has 2 aromatic carbocycles. The molecule has 0 saturated carbocycles. The number of hydrogen-bond acceptors (Lipinski definition) is 4. The molecule has 0 aliphatic heterocycles. The van der Waals surface area contributed by atoms with Crippen LogP contribution in [0.2, 0.25) is 0 Å². The quantitative estimate of drug-likeness (QED) is 0.920. The van der Waals surface area contributed by atoms with Crippen molar-refractivity contribution in [1.29, 1.82) is 0 Å². The Hall–Kier alpha value is -2.34. The fourth-order valence-corrected chi connectivity index (χ4v) is 3.28. The van der Waals surface area contributed by atoms with E-state index in [2.05, 4.69) is 10.1 Å². The Morgan fingerprint density at radius 1 is 1.05 bits per heavy atom. The van der Waals surface area contributed by atoms with Crippen LogP contribution in [0.5, 0.6) is 0 Å².